The molecule has 1 N–H and O–H groups in total. The predicted octanol–water partition coefficient (Wildman–Crippen LogP) is 5.04. The van der Waals surface area contributed by atoms with Crippen LogP contribution in [0.4, 0.5) is 0 Å². The molecular formula is C16H26ClNOS. The zero-order valence-electron chi connectivity index (χ0n) is 12.5. The Hall–Kier alpha value is -0.0900. The van der Waals surface area contributed by atoms with Gasteiger partial charge in [0.1, 0.15) is 0 Å². The number of rotatable bonds is 7. The van der Waals surface area contributed by atoms with E-state index in [-0.39, 0.29) is 12.1 Å². The van der Waals surface area contributed by atoms with Gasteiger partial charge in [0.2, 0.25) is 0 Å². The van der Waals surface area contributed by atoms with Crippen LogP contribution in [0.5, 0.6) is 0 Å². The van der Waals surface area contributed by atoms with Gasteiger partial charge in [0, 0.05) is 12.0 Å². The van der Waals surface area contributed by atoms with E-state index in [2.05, 4.69) is 18.3 Å². The van der Waals surface area contributed by atoms with Crippen molar-refractivity contribution in [1.82, 2.24) is 5.32 Å². The molecule has 2 atom stereocenters. The lowest BCUT2D eigenvalue weighted by Crippen LogP contribution is -2.39. The number of methoxy groups -OCH3 is 1. The first-order valence-electron chi connectivity index (χ1n) is 7.77. The number of halogens is 1. The van der Waals surface area contributed by atoms with Crippen molar-refractivity contribution in [2.24, 2.45) is 5.92 Å². The predicted molar refractivity (Wildman–Crippen MR) is 87.7 cm³/mol. The fraction of sp³-hybridized carbons (Fsp3) is 0.750. The standard InChI is InChI=1S/C16H26ClNOS/c1-3-11-18-15(13-9-10-14(17)20-13)16(19-2)12-7-5-4-6-8-12/h9-10,12,15-16,18H,3-8,11H2,1-2H3. The third kappa shape index (κ3) is 4.20. The van der Waals surface area contributed by atoms with Gasteiger partial charge in [0.15, 0.2) is 0 Å². The topological polar surface area (TPSA) is 21.3 Å². The average molecular weight is 316 g/mol. The van der Waals surface area contributed by atoms with Crippen LogP contribution in [0.1, 0.15) is 56.4 Å². The summed E-state index contributed by atoms with van der Waals surface area (Å²) in [7, 11) is 1.86. The fourth-order valence-electron chi connectivity index (χ4n) is 3.24. The van der Waals surface area contributed by atoms with E-state index in [9.17, 15) is 0 Å². The number of ether oxygens (including phenoxy) is 1. The van der Waals surface area contributed by atoms with Crippen LogP contribution in [0.3, 0.4) is 0 Å². The van der Waals surface area contributed by atoms with Crippen LogP contribution < -0.4 is 5.32 Å². The van der Waals surface area contributed by atoms with Crippen molar-refractivity contribution in [3.63, 3.8) is 0 Å². The van der Waals surface area contributed by atoms with Crippen molar-refractivity contribution in [2.75, 3.05) is 13.7 Å². The van der Waals surface area contributed by atoms with Crippen LogP contribution in [0, 0.1) is 5.92 Å². The highest BCUT2D eigenvalue weighted by atomic mass is 35.5. The number of hydrogen-bond acceptors (Lipinski definition) is 3. The largest absolute Gasteiger partial charge is 0.379 e. The molecule has 0 saturated heterocycles. The molecule has 20 heavy (non-hydrogen) atoms. The maximum Gasteiger partial charge on any atom is 0.0931 e. The maximum atomic E-state index is 6.12. The molecule has 1 fully saturated rings. The first kappa shape index (κ1) is 16.3. The second-order valence-corrected chi connectivity index (χ2v) is 7.42. The summed E-state index contributed by atoms with van der Waals surface area (Å²) in [6.45, 7) is 3.22. The molecule has 2 nitrogen and oxygen atoms in total. The van der Waals surface area contributed by atoms with Crippen molar-refractivity contribution in [2.45, 2.75) is 57.6 Å². The molecule has 0 bridgehead atoms. The molecule has 1 saturated carbocycles. The first-order valence-corrected chi connectivity index (χ1v) is 8.97. The van der Waals surface area contributed by atoms with Crippen molar-refractivity contribution in [3.8, 4) is 0 Å². The van der Waals surface area contributed by atoms with Crippen LogP contribution in [-0.4, -0.2) is 19.8 Å². The molecule has 1 heterocycles. The highest BCUT2D eigenvalue weighted by Crippen LogP contribution is 2.37. The summed E-state index contributed by atoms with van der Waals surface area (Å²) in [6.07, 6.45) is 8.05. The molecule has 2 rings (SSSR count). The molecule has 2 unspecified atom stereocenters. The third-order valence-electron chi connectivity index (χ3n) is 4.23. The Morgan fingerprint density at radius 1 is 1.35 bits per heavy atom. The highest BCUT2D eigenvalue weighted by Gasteiger charge is 2.32. The van der Waals surface area contributed by atoms with E-state index in [1.165, 1.54) is 37.0 Å². The van der Waals surface area contributed by atoms with Gasteiger partial charge in [0.05, 0.1) is 16.5 Å². The quantitative estimate of drug-likeness (QED) is 0.761. The Bertz CT molecular complexity index is 390. The summed E-state index contributed by atoms with van der Waals surface area (Å²) in [5.41, 5.74) is 0. The van der Waals surface area contributed by atoms with Gasteiger partial charge in [-0.05, 0) is 43.9 Å². The molecule has 0 radical (unpaired) electrons. The van der Waals surface area contributed by atoms with E-state index < -0.39 is 0 Å². The van der Waals surface area contributed by atoms with E-state index in [1.54, 1.807) is 11.3 Å². The molecule has 0 spiro atoms. The zero-order valence-corrected chi connectivity index (χ0v) is 14.1. The van der Waals surface area contributed by atoms with Gasteiger partial charge in [-0.3, -0.25) is 0 Å². The molecule has 0 aliphatic heterocycles. The van der Waals surface area contributed by atoms with Gasteiger partial charge in [-0.1, -0.05) is 37.8 Å². The summed E-state index contributed by atoms with van der Waals surface area (Å²) >= 11 is 7.80. The lowest BCUT2D eigenvalue weighted by Gasteiger charge is -2.35. The molecule has 1 aromatic heterocycles. The zero-order chi connectivity index (χ0) is 14.4. The Balaban J connectivity index is 2.13. The minimum absolute atomic E-state index is 0.261. The van der Waals surface area contributed by atoms with Crippen LogP contribution in [0.25, 0.3) is 0 Å². The van der Waals surface area contributed by atoms with Gasteiger partial charge < -0.3 is 10.1 Å². The van der Waals surface area contributed by atoms with E-state index in [4.69, 9.17) is 16.3 Å². The van der Waals surface area contributed by atoms with Gasteiger partial charge in [-0.2, -0.15) is 0 Å². The third-order valence-corrected chi connectivity index (χ3v) is 5.54. The minimum atomic E-state index is 0.261. The van der Waals surface area contributed by atoms with Crippen LogP contribution in [-0.2, 0) is 4.74 Å². The minimum Gasteiger partial charge on any atom is -0.379 e. The van der Waals surface area contributed by atoms with Crippen molar-refractivity contribution in [1.29, 1.82) is 0 Å². The molecule has 0 amide bonds. The molecule has 1 aromatic rings. The molecule has 0 aromatic carbocycles. The summed E-state index contributed by atoms with van der Waals surface area (Å²) in [5.74, 6) is 0.670. The van der Waals surface area contributed by atoms with Gasteiger partial charge in [-0.15, -0.1) is 11.3 Å². The monoisotopic (exact) mass is 315 g/mol. The SMILES string of the molecule is CCCNC(c1ccc(Cl)s1)C(OC)C1CCCCC1. The summed E-state index contributed by atoms with van der Waals surface area (Å²) in [4.78, 5) is 1.31. The summed E-state index contributed by atoms with van der Waals surface area (Å²) < 4.78 is 6.78. The Labute approximate surface area is 131 Å². The number of hydrogen-bond donors (Lipinski definition) is 1. The smallest absolute Gasteiger partial charge is 0.0931 e. The molecular weight excluding hydrogens is 290 g/mol. The lowest BCUT2D eigenvalue weighted by molar-refractivity contribution is 0.00844. The van der Waals surface area contributed by atoms with E-state index >= 15 is 0 Å². The van der Waals surface area contributed by atoms with Crippen LogP contribution in [0.15, 0.2) is 12.1 Å². The van der Waals surface area contributed by atoms with Gasteiger partial charge in [-0.25, -0.2) is 0 Å². The number of nitrogens with one attached hydrogen (secondary N) is 1. The average Bonchev–Trinajstić information content (AvgIpc) is 2.90. The second-order valence-electron chi connectivity index (χ2n) is 5.67. The van der Waals surface area contributed by atoms with E-state index in [1.807, 2.05) is 13.2 Å². The summed E-state index contributed by atoms with van der Waals surface area (Å²) in [6, 6.07) is 4.42. The lowest BCUT2D eigenvalue weighted by atomic mass is 9.82. The van der Waals surface area contributed by atoms with Crippen LogP contribution >= 0.6 is 22.9 Å². The summed E-state index contributed by atoms with van der Waals surface area (Å²) in [5, 5.41) is 3.67. The fourth-order valence-corrected chi connectivity index (χ4v) is 4.41. The first-order chi connectivity index (χ1) is 9.76. The van der Waals surface area contributed by atoms with Crippen molar-refractivity contribution < 1.29 is 4.74 Å². The van der Waals surface area contributed by atoms with E-state index in [0.29, 0.717) is 5.92 Å². The van der Waals surface area contributed by atoms with Gasteiger partial charge in [0.25, 0.3) is 0 Å². The molecule has 1 aliphatic rings. The number of thiophene rings is 1. The maximum absolute atomic E-state index is 6.12. The van der Waals surface area contributed by atoms with Crippen molar-refractivity contribution in [3.05, 3.63) is 21.3 Å². The van der Waals surface area contributed by atoms with Crippen molar-refractivity contribution >= 4 is 22.9 Å². The second kappa shape index (κ2) is 8.38. The van der Waals surface area contributed by atoms with Gasteiger partial charge >= 0.3 is 0 Å². The normalized spacial score (nSPS) is 19.9. The Morgan fingerprint density at radius 2 is 2.10 bits per heavy atom. The molecule has 1 aliphatic carbocycles. The van der Waals surface area contributed by atoms with Crippen LogP contribution in [0.2, 0.25) is 4.34 Å². The highest BCUT2D eigenvalue weighted by molar-refractivity contribution is 7.16. The molecule has 4 heteroatoms. The molecule has 114 valence electrons. The Morgan fingerprint density at radius 3 is 2.65 bits per heavy atom. The van der Waals surface area contributed by atoms with E-state index in [0.717, 1.165) is 17.3 Å². The Kier molecular flexibility index (Phi) is 6.82.